The third-order valence-electron chi connectivity index (χ3n) is 3.70. The van der Waals surface area contributed by atoms with Gasteiger partial charge in [0.05, 0.1) is 12.2 Å². The summed E-state index contributed by atoms with van der Waals surface area (Å²) in [5, 5.41) is 2.82. The van der Waals surface area contributed by atoms with Crippen LogP contribution in [0.25, 0.3) is 0 Å². The second kappa shape index (κ2) is 8.01. The van der Waals surface area contributed by atoms with E-state index in [0.29, 0.717) is 24.6 Å². The molecule has 0 aliphatic carbocycles. The summed E-state index contributed by atoms with van der Waals surface area (Å²) in [5.74, 6) is 0.448. The summed E-state index contributed by atoms with van der Waals surface area (Å²) in [7, 11) is 1.94. The zero-order valence-electron chi connectivity index (χ0n) is 14.0. The van der Waals surface area contributed by atoms with Crippen LogP contribution >= 0.6 is 0 Å². The molecule has 0 atom stereocenters. The summed E-state index contributed by atoms with van der Waals surface area (Å²) < 4.78 is 0. The van der Waals surface area contributed by atoms with Gasteiger partial charge in [-0.05, 0) is 17.7 Å². The highest BCUT2D eigenvalue weighted by Crippen LogP contribution is 2.13. The number of amides is 1. The maximum Gasteiger partial charge on any atom is 0.270 e. The molecule has 1 N–H and O–H groups in total. The molecule has 2 heterocycles. The fourth-order valence-corrected chi connectivity index (χ4v) is 2.38. The van der Waals surface area contributed by atoms with Crippen molar-refractivity contribution in [1.82, 2.24) is 20.3 Å². The third kappa shape index (κ3) is 4.60. The highest BCUT2D eigenvalue weighted by Gasteiger charge is 2.11. The first-order valence-electron chi connectivity index (χ1n) is 7.97. The lowest BCUT2D eigenvalue weighted by Crippen LogP contribution is -2.25. The van der Waals surface area contributed by atoms with Crippen molar-refractivity contribution in [2.75, 3.05) is 11.9 Å². The molecule has 3 rings (SSSR count). The van der Waals surface area contributed by atoms with E-state index in [4.69, 9.17) is 0 Å². The van der Waals surface area contributed by atoms with Crippen LogP contribution in [0.2, 0.25) is 0 Å². The van der Waals surface area contributed by atoms with E-state index in [1.807, 2.05) is 48.3 Å². The minimum Gasteiger partial charge on any atom is -0.355 e. The van der Waals surface area contributed by atoms with Gasteiger partial charge in [-0.15, -0.1) is 0 Å². The van der Waals surface area contributed by atoms with E-state index in [9.17, 15) is 4.79 Å². The highest BCUT2D eigenvalue weighted by molar-refractivity contribution is 5.92. The molecule has 0 aliphatic heterocycles. The molecule has 6 nitrogen and oxygen atoms in total. The van der Waals surface area contributed by atoms with Crippen molar-refractivity contribution in [2.24, 2.45) is 0 Å². The van der Waals surface area contributed by atoms with Crippen LogP contribution < -0.4 is 10.2 Å². The van der Waals surface area contributed by atoms with Gasteiger partial charge in [-0.3, -0.25) is 9.78 Å². The summed E-state index contributed by atoms with van der Waals surface area (Å²) >= 11 is 0. The second-order valence-corrected chi connectivity index (χ2v) is 5.61. The molecule has 1 amide bonds. The number of benzene rings is 1. The van der Waals surface area contributed by atoms with Gasteiger partial charge in [0.15, 0.2) is 0 Å². The maximum absolute atomic E-state index is 12.3. The lowest BCUT2D eigenvalue weighted by molar-refractivity contribution is 0.0945. The van der Waals surface area contributed by atoms with Crippen LogP contribution in [0.15, 0.2) is 67.1 Å². The summed E-state index contributed by atoms with van der Waals surface area (Å²) in [6.07, 6.45) is 3.11. The number of pyridine rings is 1. The molecule has 0 saturated heterocycles. The molecule has 0 radical (unpaired) electrons. The predicted octanol–water partition coefficient (Wildman–Crippen LogP) is 2.44. The fourth-order valence-electron chi connectivity index (χ4n) is 2.38. The van der Waals surface area contributed by atoms with Crippen LogP contribution in [0.3, 0.4) is 0 Å². The van der Waals surface area contributed by atoms with Gasteiger partial charge in [0.1, 0.15) is 17.8 Å². The number of carbonyl (C=O) groups is 1. The van der Waals surface area contributed by atoms with E-state index in [1.165, 1.54) is 11.9 Å². The normalized spacial score (nSPS) is 10.3. The standard InChI is InChI=1S/C19H19N5O/c1-24(13-15-7-3-2-4-8-15)18-11-17(22-14-23-18)19(25)21-12-16-9-5-6-10-20-16/h2-11,14H,12-13H2,1H3,(H,21,25). The van der Waals surface area contributed by atoms with Crippen molar-refractivity contribution in [3.63, 3.8) is 0 Å². The summed E-state index contributed by atoms with van der Waals surface area (Å²) in [6.45, 7) is 1.06. The van der Waals surface area contributed by atoms with Crippen LogP contribution in [0.5, 0.6) is 0 Å². The first kappa shape index (κ1) is 16.6. The topological polar surface area (TPSA) is 71.0 Å². The Morgan fingerprint density at radius 2 is 1.84 bits per heavy atom. The van der Waals surface area contributed by atoms with Gasteiger partial charge in [-0.25, -0.2) is 9.97 Å². The molecule has 0 unspecified atom stereocenters. The number of carbonyl (C=O) groups excluding carboxylic acids is 1. The maximum atomic E-state index is 12.3. The summed E-state index contributed by atoms with van der Waals surface area (Å²) in [6, 6.07) is 17.4. The van der Waals surface area contributed by atoms with Crippen LogP contribution in [0.1, 0.15) is 21.7 Å². The fraction of sp³-hybridized carbons (Fsp3) is 0.158. The van der Waals surface area contributed by atoms with Gasteiger partial charge >= 0.3 is 0 Å². The second-order valence-electron chi connectivity index (χ2n) is 5.61. The third-order valence-corrected chi connectivity index (χ3v) is 3.70. The molecular formula is C19H19N5O. The molecule has 2 aromatic heterocycles. The van der Waals surface area contributed by atoms with Crippen molar-refractivity contribution in [2.45, 2.75) is 13.1 Å². The Morgan fingerprint density at radius 3 is 2.60 bits per heavy atom. The number of aromatic nitrogens is 3. The Morgan fingerprint density at radius 1 is 1.04 bits per heavy atom. The summed E-state index contributed by atoms with van der Waals surface area (Å²) in [5.41, 5.74) is 2.30. The molecule has 0 spiro atoms. The van der Waals surface area contributed by atoms with Crippen molar-refractivity contribution >= 4 is 11.7 Å². The zero-order chi connectivity index (χ0) is 17.5. The average molecular weight is 333 g/mol. The zero-order valence-corrected chi connectivity index (χ0v) is 14.0. The number of hydrogen-bond acceptors (Lipinski definition) is 5. The Balaban J connectivity index is 1.65. The van der Waals surface area contributed by atoms with Crippen molar-refractivity contribution in [3.8, 4) is 0 Å². The Hall–Kier alpha value is -3.28. The number of rotatable bonds is 6. The molecule has 0 fully saturated rings. The molecule has 126 valence electrons. The van der Waals surface area contributed by atoms with Gasteiger partial charge in [-0.2, -0.15) is 0 Å². The lowest BCUT2D eigenvalue weighted by Gasteiger charge is -2.18. The first-order valence-corrected chi connectivity index (χ1v) is 7.97. The molecule has 6 heteroatoms. The number of nitrogens with zero attached hydrogens (tertiary/aromatic N) is 4. The molecule has 25 heavy (non-hydrogen) atoms. The molecule has 3 aromatic rings. The van der Waals surface area contributed by atoms with Crippen molar-refractivity contribution < 1.29 is 4.79 Å². The van der Waals surface area contributed by atoms with Gasteiger partial charge in [0.2, 0.25) is 0 Å². The first-order chi connectivity index (χ1) is 12.2. The van der Waals surface area contributed by atoms with Crippen molar-refractivity contribution in [1.29, 1.82) is 0 Å². The van der Waals surface area contributed by atoms with Gasteiger partial charge in [-0.1, -0.05) is 36.4 Å². The quantitative estimate of drug-likeness (QED) is 0.750. The number of anilines is 1. The lowest BCUT2D eigenvalue weighted by atomic mass is 10.2. The predicted molar refractivity (Wildman–Crippen MR) is 96.0 cm³/mol. The Kier molecular flexibility index (Phi) is 5.31. The Labute approximate surface area is 146 Å². The average Bonchev–Trinajstić information content (AvgIpc) is 2.68. The van der Waals surface area contributed by atoms with Gasteiger partial charge in [0.25, 0.3) is 5.91 Å². The van der Waals surface area contributed by atoms with Gasteiger partial charge < -0.3 is 10.2 Å². The molecule has 1 aromatic carbocycles. The van der Waals surface area contributed by atoms with Crippen LogP contribution in [-0.2, 0) is 13.1 Å². The smallest absolute Gasteiger partial charge is 0.270 e. The number of hydrogen-bond donors (Lipinski definition) is 1. The van der Waals surface area contributed by atoms with Crippen molar-refractivity contribution in [3.05, 3.63) is 84.1 Å². The van der Waals surface area contributed by atoms with E-state index in [1.54, 1.807) is 12.3 Å². The molecule has 0 saturated carbocycles. The Bertz CT molecular complexity index is 823. The molecule has 0 aliphatic rings. The van der Waals surface area contributed by atoms with E-state index in [-0.39, 0.29) is 5.91 Å². The minimum absolute atomic E-state index is 0.248. The van der Waals surface area contributed by atoms with Crippen LogP contribution in [0.4, 0.5) is 5.82 Å². The molecule has 0 bridgehead atoms. The summed E-state index contributed by atoms with van der Waals surface area (Å²) in [4.78, 5) is 26.8. The van der Waals surface area contributed by atoms with Crippen LogP contribution in [-0.4, -0.2) is 27.9 Å². The number of nitrogens with one attached hydrogen (secondary N) is 1. The van der Waals surface area contributed by atoms with Gasteiger partial charge in [0, 0.05) is 25.9 Å². The van der Waals surface area contributed by atoms with E-state index in [0.717, 1.165) is 5.69 Å². The highest BCUT2D eigenvalue weighted by atomic mass is 16.1. The van der Waals surface area contributed by atoms with Crippen LogP contribution in [0, 0.1) is 0 Å². The minimum atomic E-state index is -0.248. The van der Waals surface area contributed by atoms with E-state index >= 15 is 0 Å². The largest absolute Gasteiger partial charge is 0.355 e. The molecular weight excluding hydrogens is 314 g/mol. The van der Waals surface area contributed by atoms with E-state index in [2.05, 4.69) is 32.4 Å². The SMILES string of the molecule is CN(Cc1ccccc1)c1cc(C(=O)NCc2ccccn2)ncn1. The van der Waals surface area contributed by atoms with E-state index < -0.39 is 0 Å². The monoisotopic (exact) mass is 333 g/mol.